The summed E-state index contributed by atoms with van der Waals surface area (Å²) in [5.74, 6) is 2.41. The van der Waals surface area contributed by atoms with Crippen molar-refractivity contribution in [2.24, 2.45) is 11.8 Å². The van der Waals surface area contributed by atoms with Crippen LogP contribution in [0.15, 0.2) is 30.5 Å². The number of nitrogens with zero attached hydrogens (tertiary/aromatic N) is 2. The second-order valence-corrected chi connectivity index (χ2v) is 5.80. The Hall–Kier alpha value is -1.64. The topological polar surface area (TPSA) is 37.8 Å². The number of benzene rings is 1. The Morgan fingerprint density at radius 1 is 1.16 bits per heavy atom. The maximum Gasteiger partial charge on any atom is 0.156 e. The normalized spacial score (nSPS) is 27.4. The summed E-state index contributed by atoms with van der Waals surface area (Å²) >= 11 is 0. The maximum absolute atomic E-state index is 4.30. The third-order valence-corrected chi connectivity index (χ3v) is 4.60. The van der Waals surface area contributed by atoms with Crippen molar-refractivity contribution >= 4 is 16.6 Å². The van der Waals surface area contributed by atoms with E-state index in [1.54, 1.807) is 0 Å². The SMILES string of the molecule is CC1CCCC(Nc2nncc3ccccc23)C1C. The van der Waals surface area contributed by atoms with E-state index in [0.717, 1.165) is 17.1 Å². The second kappa shape index (κ2) is 5.16. The molecule has 3 heteroatoms. The Bertz CT molecular complexity index is 561. The zero-order valence-corrected chi connectivity index (χ0v) is 11.6. The molecule has 100 valence electrons. The van der Waals surface area contributed by atoms with Crippen molar-refractivity contribution in [1.82, 2.24) is 10.2 Å². The van der Waals surface area contributed by atoms with Crippen LogP contribution >= 0.6 is 0 Å². The molecule has 0 radical (unpaired) electrons. The predicted octanol–water partition coefficient (Wildman–Crippen LogP) is 3.87. The second-order valence-electron chi connectivity index (χ2n) is 5.80. The van der Waals surface area contributed by atoms with Crippen LogP contribution in [0.4, 0.5) is 5.82 Å². The molecular weight excluding hydrogens is 234 g/mol. The van der Waals surface area contributed by atoms with Crippen molar-refractivity contribution in [3.63, 3.8) is 0 Å². The number of hydrogen-bond donors (Lipinski definition) is 1. The molecule has 2 aromatic rings. The Morgan fingerprint density at radius 2 is 2.00 bits per heavy atom. The highest BCUT2D eigenvalue weighted by Crippen LogP contribution is 2.32. The van der Waals surface area contributed by atoms with E-state index in [-0.39, 0.29) is 0 Å². The lowest BCUT2D eigenvalue weighted by Gasteiger charge is -2.35. The van der Waals surface area contributed by atoms with Crippen molar-refractivity contribution in [3.05, 3.63) is 30.5 Å². The van der Waals surface area contributed by atoms with Crippen molar-refractivity contribution in [1.29, 1.82) is 0 Å². The zero-order chi connectivity index (χ0) is 13.2. The molecule has 0 bridgehead atoms. The molecule has 3 unspecified atom stereocenters. The van der Waals surface area contributed by atoms with Gasteiger partial charge in [-0.15, -0.1) is 5.10 Å². The minimum Gasteiger partial charge on any atom is -0.365 e. The van der Waals surface area contributed by atoms with Gasteiger partial charge in [-0.05, 0) is 18.3 Å². The first-order chi connectivity index (χ1) is 9.25. The standard InChI is InChI=1S/C16H21N3/c1-11-6-5-9-15(12(11)2)18-16-14-8-4-3-7-13(14)10-17-19-16/h3-4,7-8,10-12,15H,5-6,9H2,1-2H3,(H,18,19). The highest BCUT2D eigenvalue weighted by Gasteiger charge is 2.27. The van der Waals surface area contributed by atoms with Crippen LogP contribution in [0.1, 0.15) is 33.1 Å². The van der Waals surface area contributed by atoms with Gasteiger partial charge in [-0.1, -0.05) is 51.0 Å². The van der Waals surface area contributed by atoms with Gasteiger partial charge in [0.05, 0.1) is 6.20 Å². The van der Waals surface area contributed by atoms with Gasteiger partial charge in [-0.2, -0.15) is 5.10 Å². The molecule has 0 saturated heterocycles. The third-order valence-electron chi connectivity index (χ3n) is 4.60. The molecule has 0 spiro atoms. The van der Waals surface area contributed by atoms with Gasteiger partial charge < -0.3 is 5.32 Å². The fourth-order valence-electron chi connectivity index (χ4n) is 3.10. The Kier molecular flexibility index (Phi) is 3.36. The molecule has 3 rings (SSSR count). The summed E-state index contributed by atoms with van der Waals surface area (Å²) in [6.45, 7) is 4.70. The lowest BCUT2D eigenvalue weighted by Crippen LogP contribution is -2.35. The molecule has 19 heavy (non-hydrogen) atoms. The number of aromatic nitrogens is 2. The monoisotopic (exact) mass is 255 g/mol. The Balaban J connectivity index is 1.89. The summed E-state index contributed by atoms with van der Waals surface area (Å²) in [6.07, 6.45) is 5.71. The lowest BCUT2D eigenvalue weighted by atomic mass is 9.78. The minimum absolute atomic E-state index is 0.517. The van der Waals surface area contributed by atoms with Crippen LogP contribution < -0.4 is 5.32 Å². The lowest BCUT2D eigenvalue weighted by molar-refractivity contribution is 0.253. The molecule has 1 heterocycles. The van der Waals surface area contributed by atoms with E-state index in [9.17, 15) is 0 Å². The molecule has 1 saturated carbocycles. The van der Waals surface area contributed by atoms with Crippen molar-refractivity contribution in [2.75, 3.05) is 5.32 Å². The predicted molar refractivity (Wildman–Crippen MR) is 79.1 cm³/mol. The van der Waals surface area contributed by atoms with Gasteiger partial charge in [0.25, 0.3) is 0 Å². The van der Waals surface area contributed by atoms with Gasteiger partial charge in [0.1, 0.15) is 0 Å². The van der Waals surface area contributed by atoms with Crippen LogP contribution in [0.25, 0.3) is 10.8 Å². The summed E-state index contributed by atoms with van der Waals surface area (Å²) in [5.41, 5.74) is 0. The largest absolute Gasteiger partial charge is 0.365 e. The molecule has 1 aromatic heterocycles. The van der Waals surface area contributed by atoms with Gasteiger partial charge in [-0.25, -0.2) is 0 Å². The zero-order valence-electron chi connectivity index (χ0n) is 11.6. The summed E-state index contributed by atoms with van der Waals surface area (Å²) < 4.78 is 0. The number of nitrogens with one attached hydrogen (secondary N) is 1. The molecule has 1 aromatic carbocycles. The van der Waals surface area contributed by atoms with E-state index in [1.807, 2.05) is 12.3 Å². The van der Waals surface area contributed by atoms with Crippen LogP contribution in [0.3, 0.4) is 0 Å². The fourth-order valence-corrected chi connectivity index (χ4v) is 3.10. The Labute approximate surface area is 114 Å². The summed E-state index contributed by atoms with van der Waals surface area (Å²) in [4.78, 5) is 0. The van der Waals surface area contributed by atoms with Crippen molar-refractivity contribution in [3.8, 4) is 0 Å². The van der Waals surface area contributed by atoms with Gasteiger partial charge in [0.15, 0.2) is 5.82 Å². The van der Waals surface area contributed by atoms with E-state index < -0.39 is 0 Å². The summed E-state index contributed by atoms with van der Waals surface area (Å²) in [7, 11) is 0. The van der Waals surface area contributed by atoms with Crippen LogP contribution in [0.2, 0.25) is 0 Å². The smallest absolute Gasteiger partial charge is 0.156 e. The molecule has 1 aliphatic carbocycles. The third kappa shape index (κ3) is 2.42. The van der Waals surface area contributed by atoms with Gasteiger partial charge >= 0.3 is 0 Å². The highest BCUT2D eigenvalue weighted by molar-refractivity contribution is 5.90. The van der Waals surface area contributed by atoms with Gasteiger partial charge in [-0.3, -0.25) is 0 Å². The van der Waals surface area contributed by atoms with Crippen LogP contribution in [-0.4, -0.2) is 16.2 Å². The molecule has 0 amide bonds. The molecular formula is C16H21N3. The molecule has 3 nitrogen and oxygen atoms in total. The van der Waals surface area contributed by atoms with Gasteiger partial charge in [0, 0.05) is 16.8 Å². The first-order valence-electron chi connectivity index (χ1n) is 7.22. The van der Waals surface area contributed by atoms with E-state index >= 15 is 0 Å². The fraction of sp³-hybridized carbons (Fsp3) is 0.500. The number of hydrogen-bond acceptors (Lipinski definition) is 3. The van der Waals surface area contributed by atoms with E-state index in [0.29, 0.717) is 12.0 Å². The molecule has 1 fully saturated rings. The number of fused-ring (bicyclic) bond motifs is 1. The first kappa shape index (κ1) is 12.4. The van der Waals surface area contributed by atoms with Crippen LogP contribution in [0.5, 0.6) is 0 Å². The van der Waals surface area contributed by atoms with Crippen molar-refractivity contribution < 1.29 is 0 Å². The number of rotatable bonds is 2. The van der Waals surface area contributed by atoms with E-state index in [2.05, 4.69) is 47.6 Å². The molecule has 1 N–H and O–H groups in total. The van der Waals surface area contributed by atoms with E-state index in [4.69, 9.17) is 0 Å². The minimum atomic E-state index is 0.517. The molecule has 3 atom stereocenters. The quantitative estimate of drug-likeness (QED) is 0.885. The number of anilines is 1. The highest BCUT2D eigenvalue weighted by atomic mass is 15.2. The molecule has 1 aliphatic rings. The summed E-state index contributed by atoms with van der Waals surface area (Å²) in [6, 6.07) is 8.82. The summed E-state index contributed by atoms with van der Waals surface area (Å²) in [5, 5.41) is 14.4. The van der Waals surface area contributed by atoms with Crippen LogP contribution in [0, 0.1) is 11.8 Å². The van der Waals surface area contributed by atoms with Crippen molar-refractivity contribution in [2.45, 2.75) is 39.2 Å². The first-order valence-corrected chi connectivity index (χ1v) is 7.22. The Morgan fingerprint density at radius 3 is 2.89 bits per heavy atom. The van der Waals surface area contributed by atoms with Crippen LogP contribution in [-0.2, 0) is 0 Å². The average Bonchev–Trinajstić information content (AvgIpc) is 2.44. The maximum atomic E-state index is 4.30. The van der Waals surface area contributed by atoms with E-state index in [1.165, 1.54) is 24.6 Å². The molecule has 0 aliphatic heterocycles. The van der Waals surface area contributed by atoms with Gasteiger partial charge in [0.2, 0.25) is 0 Å². The average molecular weight is 255 g/mol.